The molecule has 3 heterocycles. The normalized spacial score (nSPS) is 14.0. The molecule has 1 aliphatic rings. The van der Waals surface area contributed by atoms with Gasteiger partial charge in [0.05, 0.1) is 29.3 Å². The van der Waals surface area contributed by atoms with Crippen LogP contribution in [-0.4, -0.2) is 31.9 Å². The van der Waals surface area contributed by atoms with E-state index in [0.29, 0.717) is 27.2 Å². The molecule has 0 saturated heterocycles. The SMILES string of the molecule is O=C1c2cnc3[nH]ncc3c2C(=O)N1Cc1cccc(Cl)c1. The number of nitrogens with zero attached hydrogens (tertiary/aromatic N) is 3. The highest BCUT2D eigenvalue weighted by atomic mass is 35.5. The van der Waals surface area contributed by atoms with Gasteiger partial charge in [0.25, 0.3) is 11.8 Å². The molecule has 108 valence electrons. The molecule has 0 fully saturated rings. The molecule has 6 nitrogen and oxygen atoms in total. The van der Waals surface area contributed by atoms with E-state index < -0.39 is 0 Å². The predicted octanol–water partition coefficient (Wildman–Crippen LogP) is 2.41. The first-order chi connectivity index (χ1) is 10.6. The minimum Gasteiger partial charge on any atom is -0.270 e. The highest BCUT2D eigenvalue weighted by Gasteiger charge is 2.37. The van der Waals surface area contributed by atoms with Gasteiger partial charge in [-0.05, 0) is 17.7 Å². The van der Waals surface area contributed by atoms with Gasteiger partial charge in [-0.25, -0.2) is 4.98 Å². The highest BCUT2D eigenvalue weighted by molar-refractivity contribution is 6.30. The highest BCUT2D eigenvalue weighted by Crippen LogP contribution is 2.29. The molecule has 4 rings (SSSR count). The van der Waals surface area contributed by atoms with Crippen LogP contribution >= 0.6 is 11.6 Å². The molecule has 0 unspecified atom stereocenters. The summed E-state index contributed by atoms with van der Waals surface area (Å²) in [6.07, 6.45) is 2.92. The summed E-state index contributed by atoms with van der Waals surface area (Å²) in [5, 5.41) is 7.69. The van der Waals surface area contributed by atoms with Crippen LogP contribution in [0.4, 0.5) is 0 Å². The predicted molar refractivity (Wildman–Crippen MR) is 79.5 cm³/mol. The zero-order valence-corrected chi connectivity index (χ0v) is 12.0. The van der Waals surface area contributed by atoms with Crippen molar-refractivity contribution >= 4 is 34.4 Å². The number of carbonyl (C=O) groups is 2. The Morgan fingerprint density at radius 2 is 2.05 bits per heavy atom. The Morgan fingerprint density at radius 1 is 1.18 bits per heavy atom. The summed E-state index contributed by atoms with van der Waals surface area (Å²) in [5.41, 5.74) is 1.94. The molecule has 0 atom stereocenters. The molecule has 0 radical (unpaired) electrons. The van der Waals surface area contributed by atoms with Crippen LogP contribution in [0.25, 0.3) is 11.0 Å². The van der Waals surface area contributed by atoms with Crippen LogP contribution in [0.1, 0.15) is 26.3 Å². The zero-order valence-electron chi connectivity index (χ0n) is 11.2. The summed E-state index contributed by atoms with van der Waals surface area (Å²) >= 11 is 5.94. The lowest BCUT2D eigenvalue weighted by Crippen LogP contribution is -2.29. The summed E-state index contributed by atoms with van der Waals surface area (Å²) in [6, 6.07) is 7.08. The van der Waals surface area contributed by atoms with E-state index in [1.807, 2.05) is 6.07 Å². The van der Waals surface area contributed by atoms with Gasteiger partial charge in [0.2, 0.25) is 0 Å². The Morgan fingerprint density at radius 3 is 2.86 bits per heavy atom. The summed E-state index contributed by atoms with van der Waals surface area (Å²) < 4.78 is 0. The number of hydrogen-bond donors (Lipinski definition) is 1. The number of H-pyrrole nitrogens is 1. The second-order valence-corrected chi connectivity index (χ2v) is 5.44. The third-order valence-electron chi connectivity index (χ3n) is 3.64. The maximum absolute atomic E-state index is 12.6. The van der Waals surface area contributed by atoms with Crippen LogP contribution in [0, 0.1) is 0 Å². The fraction of sp³-hybridized carbons (Fsp3) is 0.0667. The lowest BCUT2D eigenvalue weighted by Gasteiger charge is -2.13. The van der Waals surface area contributed by atoms with Gasteiger partial charge in [0, 0.05) is 11.2 Å². The third kappa shape index (κ3) is 1.81. The van der Waals surface area contributed by atoms with E-state index in [-0.39, 0.29) is 18.4 Å². The number of carbonyl (C=O) groups excluding carboxylic acids is 2. The van der Waals surface area contributed by atoms with Gasteiger partial charge in [0.1, 0.15) is 0 Å². The Balaban J connectivity index is 1.77. The minimum atomic E-state index is -0.351. The maximum atomic E-state index is 12.6. The summed E-state index contributed by atoms with van der Waals surface area (Å²) in [7, 11) is 0. The molecule has 1 N–H and O–H groups in total. The Hall–Kier alpha value is -2.73. The average molecular weight is 313 g/mol. The molecule has 1 aromatic carbocycles. The van der Waals surface area contributed by atoms with E-state index in [0.717, 1.165) is 5.56 Å². The molecule has 3 aromatic rings. The van der Waals surface area contributed by atoms with Crippen molar-refractivity contribution in [3.8, 4) is 0 Å². The molecule has 7 heteroatoms. The van der Waals surface area contributed by atoms with E-state index in [4.69, 9.17) is 11.6 Å². The van der Waals surface area contributed by atoms with Gasteiger partial charge >= 0.3 is 0 Å². The Kier molecular flexibility index (Phi) is 2.74. The number of imide groups is 1. The first-order valence-electron chi connectivity index (χ1n) is 6.58. The number of halogens is 1. The number of pyridine rings is 1. The Bertz CT molecular complexity index is 934. The van der Waals surface area contributed by atoms with Crippen molar-refractivity contribution in [2.45, 2.75) is 6.54 Å². The largest absolute Gasteiger partial charge is 0.270 e. The number of amides is 2. The molecule has 0 aliphatic carbocycles. The molecular formula is C15H9ClN4O2. The lowest BCUT2D eigenvalue weighted by molar-refractivity contribution is 0.0643. The van der Waals surface area contributed by atoms with Crippen LogP contribution in [0.15, 0.2) is 36.7 Å². The molecule has 22 heavy (non-hydrogen) atoms. The summed E-state index contributed by atoms with van der Waals surface area (Å²) in [4.78, 5) is 30.4. The number of hydrogen-bond acceptors (Lipinski definition) is 4. The number of rotatable bonds is 2. The molecule has 0 bridgehead atoms. The van der Waals surface area contributed by atoms with Gasteiger partial charge in [-0.3, -0.25) is 19.6 Å². The zero-order chi connectivity index (χ0) is 15.3. The maximum Gasteiger partial charge on any atom is 0.263 e. The fourth-order valence-corrected chi connectivity index (χ4v) is 2.84. The minimum absolute atomic E-state index is 0.173. The van der Waals surface area contributed by atoms with Crippen LogP contribution in [-0.2, 0) is 6.54 Å². The number of aromatic nitrogens is 3. The lowest BCUT2D eigenvalue weighted by atomic mass is 10.1. The second-order valence-electron chi connectivity index (χ2n) is 5.01. The van der Waals surface area contributed by atoms with Gasteiger partial charge in [-0.15, -0.1) is 0 Å². The van der Waals surface area contributed by atoms with E-state index in [9.17, 15) is 9.59 Å². The Labute approximate surface area is 129 Å². The van der Waals surface area contributed by atoms with Crippen LogP contribution in [0.3, 0.4) is 0 Å². The van der Waals surface area contributed by atoms with E-state index in [1.54, 1.807) is 18.2 Å². The molecule has 2 aromatic heterocycles. The second kappa shape index (κ2) is 4.64. The van der Waals surface area contributed by atoms with Crippen LogP contribution < -0.4 is 0 Å². The van der Waals surface area contributed by atoms with Gasteiger partial charge in [-0.1, -0.05) is 23.7 Å². The first kappa shape index (κ1) is 13.0. The van der Waals surface area contributed by atoms with Crippen molar-refractivity contribution in [2.24, 2.45) is 0 Å². The number of fused-ring (bicyclic) bond motifs is 3. The molecule has 0 spiro atoms. The molecule has 2 amide bonds. The van der Waals surface area contributed by atoms with Gasteiger partial charge in [0.15, 0.2) is 5.65 Å². The number of nitrogens with one attached hydrogen (secondary N) is 1. The standard InChI is InChI=1S/C15H9ClN4O2/c16-9-3-1-2-8(4-9)7-20-14(21)11-5-17-13-10(6-18-19-13)12(11)15(20)22/h1-6H,7H2,(H,17,18,19). The smallest absolute Gasteiger partial charge is 0.263 e. The number of aromatic amines is 1. The fourth-order valence-electron chi connectivity index (χ4n) is 2.63. The average Bonchev–Trinajstić information content (AvgIpc) is 3.06. The number of benzene rings is 1. The quantitative estimate of drug-likeness (QED) is 0.737. The molecule has 1 aliphatic heterocycles. The van der Waals surface area contributed by atoms with Crippen molar-refractivity contribution in [3.63, 3.8) is 0 Å². The monoisotopic (exact) mass is 312 g/mol. The van der Waals surface area contributed by atoms with Crippen molar-refractivity contribution in [1.82, 2.24) is 20.1 Å². The van der Waals surface area contributed by atoms with E-state index in [2.05, 4.69) is 15.2 Å². The molecule has 0 saturated carbocycles. The van der Waals surface area contributed by atoms with Crippen LogP contribution in [0.2, 0.25) is 5.02 Å². The summed E-state index contributed by atoms with van der Waals surface area (Å²) in [6.45, 7) is 0.173. The van der Waals surface area contributed by atoms with E-state index in [1.165, 1.54) is 17.3 Å². The van der Waals surface area contributed by atoms with Crippen molar-refractivity contribution in [3.05, 3.63) is 58.4 Å². The van der Waals surface area contributed by atoms with Crippen molar-refractivity contribution in [1.29, 1.82) is 0 Å². The van der Waals surface area contributed by atoms with Crippen LogP contribution in [0.5, 0.6) is 0 Å². The van der Waals surface area contributed by atoms with Crippen molar-refractivity contribution < 1.29 is 9.59 Å². The van der Waals surface area contributed by atoms with Gasteiger partial charge < -0.3 is 0 Å². The molecular weight excluding hydrogens is 304 g/mol. The van der Waals surface area contributed by atoms with Crippen molar-refractivity contribution in [2.75, 3.05) is 0 Å². The summed E-state index contributed by atoms with van der Waals surface area (Å²) in [5.74, 6) is -0.690. The van der Waals surface area contributed by atoms with Gasteiger partial charge in [-0.2, -0.15) is 5.10 Å². The third-order valence-corrected chi connectivity index (χ3v) is 3.88. The topological polar surface area (TPSA) is 79.0 Å². The first-order valence-corrected chi connectivity index (χ1v) is 6.95. The van der Waals surface area contributed by atoms with E-state index >= 15 is 0 Å².